The van der Waals surface area contributed by atoms with Crippen LogP contribution in [0.4, 0.5) is 0 Å². The summed E-state index contributed by atoms with van der Waals surface area (Å²) in [7, 11) is 0. The van der Waals surface area contributed by atoms with E-state index in [1.165, 1.54) is 22.7 Å². The van der Waals surface area contributed by atoms with E-state index in [4.69, 9.17) is 0 Å². The molecule has 20 heavy (non-hydrogen) atoms. The second-order valence-electron chi connectivity index (χ2n) is 4.51. The predicted octanol–water partition coefficient (Wildman–Crippen LogP) is 3.93. The number of benzene rings is 2. The maximum absolute atomic E-state index is 12.4. The van der Waals surface area contributed by atoms with Gasteiger partial charge >= 0.3 is 0 Å². The second-order valence-corrected chi connectivity index (χ2v) is 6.62. The molecule has 0 fully saturated rings. The van der Waals surface area contributed by atoms with Crippen LogP contribution in [0.15, 0.2) is 48.5 Å². The lowest BCUT2D eigenvalue weighted by molar-refractivity contribution is -0.267. The van der Waals surface area contributed by atoms with Gasteiger partial charge in [0.05, 0.1) is 0 Å². The maximum Gasteiger partial charge on any atom is 0.0370 e. The van der Waals surface area contributed by atoms with Crippen molar-refractivity contribution in [3.63, 3.8) is 0 Å². The van der Waals surface area contributed by atoms with Crippen LogP contribution in [-0.4, -0.2) is 0 Å². The molecule has 0 unspecified atom stereocenters. The molecule has 0 spiro atoms. The number of thiophene rings is 2. The van der Waals surface area contributed by atoms with Crippen LogP contribution >= 0.6 is 22.7 Å². The normalized spacial score (nSPS) is 11.4. The third-order valence-electron chi connectivity index (χ3n) is 3.31. The van der Waals surface area contributed by atoms with E-state index in [2.05, 4.69) is 0 Å². The van der Waals surface area contributed by atoms with Crippen LogP contribution in [0.25, 0.3) is 29.9 Å². The molecule has 4 aromatic rings. The Morgan fingerprint density at radius 3 is 1.40 bits per heavy atom. The quantitative estimate of drug-likeness (QED) is 0.534. The van der Waals surface area contributed by atoms with Crippen molar-refractivity contribution in [2.75, 3.05) is 0 Å². The van der Waals surface area contributed by atoms with Gasteiger partial charge in [0, 0.05) is 19.2 Å². The zero-order chi connectivity index (χ0) is 13.7. The van der Waals surface area contributed by atoms with Gasteiger partial charge in [-0.05, 0) is 22.9 Å². The third-order valence-corrected chi connectivity index (χ3v) is 5.77. The van der Waals surface area contributed by atoms with E-state index < -0.39 is 0 Å². The molecule has 2 aromatic heterocycles. The topological polar surface area (TPSA) is 46.1 Å². The summed E-state index contributed by atoms with van der Waals surface area (Å²) in [6, 6.07) is 15.0. The molecule has 98 valence electrons. The van der Waals surface area contributed by atoms with Gasteiger partial charge in [0.25, 0.3) is 0 Å². The lowest BCUT2D eigenvalue weighted by atomic mass is 10.2. The zero-order valence-electron chi connectivity index (χ0n) is 10.3. The SMILES string of the molecule is [O-]c1c(-c2sc3ccccc3c2[O-])sc2ccccc12. The predicted molar refractivity (Wildman–Crippen MR) is 81.5 cm³/mol. The molecule has 0 saturated heterocycles. The highest BCUT2D eigenvalue weighted by molar-refractivity contribution is 7.29. The summed E-state index contributed by atoms with van der Waals surface area (Å²) in [5.41, 5.74) is 0. The minimum atomic E-state index is -0.0331. The average molecular weight is 296 g/mol. The minimum Gasteiger partial charge on any atom is -0.871 e. The molecule has 4 heteroatoms. The first kappa shape index (κ1) is 11.8. The molecule has 0 radical (unpaired) electrons. The summed E-state index contributed by atoms with van der Waals surface area (Å²) < 4.78 is 1.87. The zero-order valence-corrected chi connectivity index (χ0v) is 11.9. The summed E-state index contributed by atoms with van der Waals surface area (Å²) in [4.78, 5) is 1.13. The van der Waals surface area contributed by atoms with Gasteiger partial charge < -0.3 is 10.2 Å². The van der Waals surface area contributed by atoms with E-state index in [0.29, 0.717) is 20.5 Å². The highest BCUT2D eigenvalue weighted by atomic mass is 32.1. The Bertz CT molecular complexity index is 856. The summed E-state index contributed by atoms with van der Waals surface area (Å²) in [5.74, 6) is -0.0662. The van der Waals surface area contributed by atoms with Gasteiger partial charge in [-0.25, -0.2) is 0 Å². The Morgan fingerprint density at radius 1 is 0.600 bits per heavy atom. The number of hydrogen-bond acceptors (Lipinski definition) is 4. The molecule has 0 aliphatic carbocycles. The summed E-state index contributed by atoms with van der Waals surface area (Å²) >= 11 is 2.81. The van der Waals surface area contributed by atoms with E-state index in [9.17, 15) is 10.2 Å². The fourth-order valence-electron chi connectivity index (χ4n) is 2.34. The van der Waals surface area contributed by atoms with Crippen LogP contribution in [-0.2, 0) is 0 Å². The molecule has 4 rings (SSSR count). The van der Waals surface area contributed by atoms with Gasteiger partial charge in [-0.1, -0.05) is 47.9 Å². The first-order chi connectivity index (χ1) is 9.75. The highest BCUT2D eigenvalue weighted by Gasteiger charge is 2.11. The number of hydrogen-bond donors (Lipinski definition) is 0. The summed E-state index contributed by atoms with van der Waals surface area (Å²) in [5, 5.41) is 26.3. The fourth-order valence-corrected chi connectivity index (χ4v) is 4.64. The summed E-state index contributed by atoms with van der Waals surface area (Å²) in [6.45, 7) is 0. The van der Waals surface area contributed by atoms with Crippen molar-refractivity contribution in [2.45, 2.75) is 0 Å². The van der Waals surface area contributed by atoms with Crippen LogP contribution < -0.4 is 10.2 Å². The molecule has 2 aromatic carbocycles. The molecule has 0 bridgehead atoms. The average Bonchev–Trinajstić information content (AvgIpc) is 2.98. The van der Waals surface area contributed by atoms with Crippen molar-refractivity contribution < 1.29 is 10.2 Å². The Morgan fingerprint density at radius 2 is 1.00 bits per heavy atom. The second kappa shape index (κ2) is 4.23. The van der Waals surface area contributed by atoms with Crippen molar-refractivity contribution >= 4 is 42.8 Å². The molecule has 0 aliphatic heterocycles. The molecule has 0 atom stereocenters. The molecule has 0 saturated carbocycles. The van der Waals surface area contributed by atoms with Crippen LogP contribution in [0.3, 0.4) is 0 Å². The van der Waals surface area contributed by atoms with Crippen molar-refractivity contribution in [2.24, 2.45) is 0 Å². The Kier molecular flexibility index (Phi) is 2.49. The first-order valence-corrected chi connectivity index (χ1v) is 7.76. The Labute approximate surface area is 123 Å². The van der Waals surface area contributed by atoms with Gasteiger partial charge in [0.1, 0.15) is 0 Å². The van der Waals surface area contributed by atoms with E-state index in [-0.39, 0.29) is 11.5 Å². The lowest BCUT2D eigenvalue weighted by Crippen LogP contribution is -1.92. The smallest absolute Gasteiger partial charge is 0.0370 e. The molecule has 2 heterocycles. The van der Waals surface area contributed by atoms with Crippen LogP contribution in [0.1, 0.15) is 0 Å². The van der Waals surface area contributed by atoms with Crippen molar-refractivity contribution in [1.82, 2.24) is 0 Å². The van der Waals surface area contributed by atoms with E-state index in [1.54, 1.807) is 0 Å². The van der Waals surface area contributed by atoms with E-state index in [0.717, 1.165) is 9.40 Å². The van der Waals surface area contributed by atoms with Crippen molar-refractivity contribution in [3.8, 4) is 21.3 Å². The minimum absolute atomic E-state index is 0.0331. The molecule has 0 amide bonds. The van der Waals surface area contributed by atoms with Crippen molar-refractivity contribution in [3.05, 3.63) is 48.5 Å². The molecular weight excluding hydrogens is 288 g/mol. The maximum atomic E-state index is 12.4. The van der Waals surface area contributed by atoms with Crippen LogP contribution in [0.2, 0.25) is 0 Å². The first-order valence-electron chi connectivity index (χ1n) is 6.13. The Hall–Kier alpha value is -2.04. The van der Waals surface area contributed by atoms with Gasteiger partial charge in [-0.15, -0.1) is 22.7 Å². The van der Waals surface area contributed by atoms with E-state index >= 15 is 0 Å². The lowest BCUT2D eigenvalue weighted by Gasteiger charge is -2.11. The summed E-state index contributed by atoms with van der Waals surface area (Å²) in [6.07, 6.45) is 0. The van der Waals surface area contributed by atoms with Gasteiger partial charge in [-0.2, -0.15) is 0 Å². The number of fused-ring (bicyclic) bond motifs is 2. The number of rotatable bonds is 1. The monoisotopic (exact) mass is 296 g/mol. The van der Waals surface area contributed by atoms with Crippen LogP contribution in [0, 0.1) is 0 Å². The van der Waals surface area contributed by atoms with E-state index in [1.807, 2.05) is 48.5 Å². The van der Waals surface area contributed by atoms with Crippen molar-refractivity contribution in [1.29, 1.82) is 0 Å². The fraction of sp³-hybridized carbons (Fsp3) is 0. The van der Waals surface area contributed by atoms with Gasteiger partial charge in [-0.3, -0.25) is 0 Å². The standard InChI is InChI=1S/C16H10O2S2/c17-13-9-5-1-3-7-11(9)19-15(13)16-14(18)10-6-2-4-8-12(10)20-16/h1-8,17-18H/p-2. The molecule has 0 aliphatic rings. The highest BCUT2D eigenvalue weighted by Crippen LogP contribution is 2.49. The molecule has 0 N–H and O–H groups in total. The van der Waals surface area contributed by atoms with Crippen LogP contribution in [0.5, 0.6) is 11.5 Å². The van der Waals surface area contributed by atoms with Gasteiger partial charge in [0.2, 0.25) is 0 Å². The van der Waals surface area contributed by atoms with Gasteiger partial charge in [0.15, 0.2) is 0 Å². The Balaban J connectivity index is 2.06. The third kappa shape index (κ3) is 1.55. The molecule has 2 nitrogen and oxygen atoms in total. The molecular formula is C16H8O2S2-2. The largest absolute Gasteiger partial charge is 0.871 e.